The van der Waals surface area contributed by atoms with Gasteiger partial charge < -0.3 is 15.5 Å². The van der Waals surface area contributed by atoms with E-state index in [4.69, 9.17) is 0 Å². The predicted octanol–water partition coefficient (Wildman–Crippen LogP) is 3.19. The van der Waals surface area contributed by atoms with E-state index in [1.165, 1.54) is 18.3 Å². The van der Waals surface area contributed by atoms with Crippen molar-refractivity contribution in [2.75, 3.05) is 18.4 Å². The highest BCUT2D eigenvalue weighted by Crippen LogP contribution is 2.25. The van der Waals surface area contributed by atoms with Crippen LogP contribution in [0.1, 0.15) is 37.1 Å². The number of thiophene rings is 1. The van der Waals surface area contributed by atoms with Crippen LogP contribution in [0.2, 0.25) is 0 Å². The van der Waals surface area contributed by atoms with Gasteiger partial charge in [0.15, 0.2) is 0 Å². The third-order valence-corrected chi connectivity index (χ3v) is 5.89. The summed E-state index contributed by atoms with van der Waals surface area (Å²) in [5.41, 5.74) is 0.792. The molecule has 2 aromatic rings. The largest absolute Gasteiger partial charge is 0.348 e. The Balaban J connectivity index is 1.51. The number of nitrogens with zero attached hydrogens (tertiary/aromatic N) is 1. The molecule has 1 aromatic heterocycles. The van der Waals surface area contributed by atoms with E-state index in [0.29, 0.717) is 25.9 Å². The summed E-state index contributed by atoms with van der Waals surface area (Å²) < 4.78 is 0. The molecule has 3 amide bonds. The first-order valence-corrected chi connectivity index (χ1v) is 10.3. The first kappa shape index (κ1) is 20.1. The molecule has 2 heterocycles. The van der Waals surface area contributed by atoms with E-state index in [2.05, 4.69) is 10.6 Å². The van der Waals surface area contributed by atoms with Gasteiger partial charge in [-0.25, -0.2) is 0 Å². The van der Waals surface area contributed by atoms with Crippen LogP contribution in [-0.2, 0) is 14.4 Å². The van der Waals surface area contributed by atoms with Gasteiger partial charge >= 0.3 is 0 Å². The maximum Gasteiger partial charge on any atom is 0.227 e. The van der Waals surface area contributed by atoms with Crippen LogP contribution >= 0.6 is 11.3 Å². The summed E-state index contributed by atoms with van der Waals surface area (Å²) in [5, 5.41) is 7.74. The fourth-order valence-electron chi connectivity index (χ4n) is 3.42. The molecule has 3 rings (SSSR count). The third-order valence-electron chi connectivity index (χ3n) is 4.90. The highest BCUT2D eigenvalue weighted by atomic mass is 32.1. The highest BCUT2D eigenvalue weighted by Gasteiger charge is 2.29. The molecule has 1 atom stereocenters. The van der Waals surface area contributed by atoms with Gasteiger partial charge in [0.1, 0.15) is 0 Å². The van der Waals surface area contributed by atoms with Gasteiger partial charge in [0.05, 0.1) is 12.5 Å². The van der Waals surface area contributed by atoms with Gasteiger partial charge in [0.2, 0.25) is 17.7 Å². The Bertz CT molecular complexity index is 800. The predicted molar refractivity (Wildman–Crippen MR) is 110 cm³/mol. The van der Waals surface area contributed by atoms with E-state index >= 15 is 0 Å². The number of anilines is 1. The summed E-state index contributed by atoms with van der Waals surface area (Å²) in [6, 6.07) is 12.9. The fourth-order valence-corrected chi connectivity index (χ4v) is 4.20. The zero-order valence-corrected chi connectivity index (χ0v) is 16.7. The Morgan fingerprint density at radius 1 is 1.11 bits per heavy atom. The Morgan fingerprint density at radius 3 is 2.43 bits per heavy atom. The Morgan fingerprint density at radius 2 is 1.82 bits per heavy atom. The molecule has 1 aromatic carbocycles. The second-order valence-electron chi connectivity index (χ2n) is 6.98. The zero-order valence-electron chi connectivity index (χ0n) is 15.9. The molecule has 1 fully saturated rings. The lowest BCUT2D eigenvalue weighted by Crippen LogP contribution is -2.42. The van der Waals surface area contributed by atoms with Gasteiger partial charge in [0.25, 0.3) is 0 Å². The Hall–Kier alpha value is -2.67. The van der Waals surface area contributed by atoms with E-state index in [9.17, 15) is 14.4 Å². The quantitative estimate of drug-likeness (QED) is 0.783. The van der Waals surface area contributed by atoms with Crippen molar-refractivity contribution in [2.45, 2.75) is 32.2 Å². The van der Waals surface area contributed by atoms with Crippen LogP contribution in [-0.4, -0.2) is 35.7 Å². The number of likely N-dealkylation sites (tertiary alicyclic amines) is 1. The number of hydrogen-bond donors (Lipinski definition) is 2. The highest BCUT2D eigenvalue weighted by molar-refractivity contribution is 7.10. The number of para-hydroxylation sites is 1. The second kappa shape index (κ2) is 9.50. The number of carbonyl (C=O) groups excluding carboxylic acids is 3. The standard InChI is InChI=1S/C21H25N3O3S/c1-15(25)22-18(19-8-5-13-28-19)14-20(26)24-11-9-16(10-12-24)21(27)23-17-6-3-2-4-7-17/h2-8,13,16,18H,9-12,14H2,1H3,(H,22,25)(H,23,27). The van der Waals surface area contributed by atoms with Crippen LogP contribution in [0, 0.1) is 5.92 Å². The van der Waals surface area contributed by atoms with Crippen molar-refractivity contribution in [3.8, 4) is 0 Å². The van der Waals surface area contributed by atoms with Crippen LogP contribution < -0.4 is 10.6 Å². The molecule has 0 saturated carbocycles. The van der Waals surface area contributed by atoms with Crippen molar-refractivity contribution in [2.24, 2.45) is 5.92 Å². The maximum absolute atomic E-state index is 12.7. The van der Waals surface area contributed by atoms with Crippen molar-refractivity contribution in [3.63, 3.8) is 0 Å². The number of nitrogens with one attached hydrogen (secondary N) is 2. The second-order valence-corrected chi connectivity index (χ2v) is 7.96. The van der Waals surface area contributed by atoms with Gasteiger partial charge in [-0.05, 0) is 36.4 Å². The Labute approximate surface area is 168 Å². The summed E-state index contributed by atoms with van der Waals surface area (Å²) in [5.74, 6) is -0.225. The Kier molecular flexibility index (Phi) is 6.81. The molecule has 1 unspecified atom stereocenters. The fraction of sp³-hybridized carbons (Fsp3) is 0.381. The lowest BCUT2D eigenvalue weighted by Gasteiger charge is -2.32. The minimum atomic E-state index is -0.302. The average molecular weight is 400 g/mol. The number of hydrogen-bond acceptors (Lipinski definition) is 4. The minimum Gasteiger partial charge on any atom is -0.348 e. The molecule has 7 heteroatoms. The molecule has 6 nitrogen and oxygen atoms in total. The van der Waals surface area contributed by atoms with Gasteiger partial charge in [-0.2, -0.15) is 0 Å². The molecule has 0 spiro atoms. The van der Waals surface area contributed by atoms with E-state index in [1.807, 2.05) is 47.8 Å². The SMILES string of the molecule is CC(=O)NC(CC(=O)N1CCC(C(=O)Nc2ccccc2)CC1)c1cccs1. The minimum absolute atomic E-state index is 0.00741. The van der Waals surface area contributed by atoms with Crippen LogP contribution in [0.15, 0.2) is 47.8 Å². The number of rotatable bonds is 6. The molecular formula is C21H25N3O3S. The van der Waals surface area contributed by atoms with E-state index in [-0.39, 0.29) is 36.1 Å². The third kappa shape index (κ3) is 5.42. The van der Waals surface area contributed by atoms with Crippen LogP contribution in [0.3, 0.4) is 0 Å². The molecular weight excluding hydrogens is 374 g/mol. The van der Waals surface area contributed by atoms with Gasteiger partial charge in [-0.1, -0.05) is 24.3 Å². The summed E-state index contributed by atoms with van der Waals surface area (Å²) in [6.07, 6.45) is 1.53. The summed E-state index contributed by atoms with van der Waals surface area (Å²) in [7, 11) is 0. The summed E-state index contributed by atoms with van der Waals surface area (Å²) in [4.78, 5) is 39.4. The average Bonchev–Trinajstić information content (AvgIpc) is 3.23. The molecule has 28 heavy (non-hydrogen) atoms. The lowest BCUT2D eigenvalue weighted by atomic mass is 9.95. The molecule has 0 bridgehead atoms. The van der Waals surface area contributed by atoms with Gasteiger partial charge in [-0.3, -0.25) is 14.4 Å². The smallest absolute Gasteiger partial charge is 0.227 e. The molecule has 0 radical (unpaired) electrons. The summed E-state index contributed by atoms with van der Waals surface area (Å²) >= 11 is 1.53. The number of piperidine rings is 1. The van der Waals surface area contributed by atoms with E-state index in [0.717, 1.165) is 10.6 Å². The summed E-state index contributed by atoms with van der Waals surface area (Å²) in [6.45, 7) is 2.58. The first-order chi connectivity index (χ1) is 13.5. The van der Waals surface area contributed by atoms with Crippen LogP contribution in [0.4, 0.5) is 5.69 Å². The molecule has 1 aliphatic heterocycles. The number of benzene rings is 1. The van der Waals surface area contributed by atoms with Gasteiger partial charge in [0, 0.05) is 36.5 Å². The first-order valence-electron chi connectivity index (χ1n) is 9.47. The number of carbonyl (C=O) groups is 3. The molecule has 1 saturated heterocycles. The van der Waals surface area contributed by atoms with Gasteiger partial charge in [-0.15, -0.1) is 11.3 Å². The monoisotopic (exact) mass is 399 g/mol. The van der Waals surface area contributed by atoms with Crippen molar-refractivity contribution in [1.29, 1.82) is 0 Å². The molecule has 148 valence electrons. The van der Waals surface area contributed by atoms with Crippen LogP contribution in [0.25, 0.3) is 0 Å². The number of amides is 3. The molecule has 2 N–H and O–H groups in total. The van der Waals surface area contributed by atoms with Crippen molar-refractivity contribution >= 4 is 34.7 Å². The molecule has 1 aliphatic rings. The van der Waals surface area contributed by atoms with Crippen LogP contribution in [0.5, 0.6) is 0 Å². The van der Waals surface area contributed by atoms with E-state index in [1.54, 1.807) is 4.90 Å². The van der Waals surface area contributed by atoms with Crippen molar-refractivity contribution < 1.29 is 14.4 Å². The zero-order chi connectivity index (χ0) is 19.9. The molecule has 0 aliphatic carbocycles. The van der Waals surface area contributed by atoms with Crippen molar-refractivity contribution in [3.05, 3.63) is 52.7 Å². The maximum atomic E-state index is 12.7. The van der Waals surface area contributed by atoms with Crippen molar-refractivity contribution in [1.82, 2.24) is 10.2 Å². The van der Waals surface area contributed by atoms with E-state index < -0.39 is 0 Å². The lowest BCUT2D eigenvalue weighted by molar-refractivity contribution is -0.135. The topological polar surface area (TPSA) is 78.5 Å². The normalized spacial score (nSPS) is 15.7.